The molecule has 2 aliphatic heterocycles. The predicted molar refractivity (Wildman–Crippen MR) is 102 cm³/mol. The van der Waals surface area contributed by atoms with Gasteiger partial charge >= 0.3 is 12.0 Å². The second-order valence-corrected chi connectivity index (χ2v) is 6.33. The number of hydrogen-bond acceptors (Lipinski definition) is 8. The molecule has 0 unspecified atom stereocenters. The highest BCUT2D eigenvalue weighted by molar-refractivity contribution is 6.02. The molecule has 2 heterocycles. The van der Waals surface area contributed by atoms with E-state index in [4.69, 9.17) is 23.7 Å². The molecule has 1 atom stereocenters. The lowest BCUT2D eigenvalue weighted by Crippen LogP contribution is -2.41. The molecule has 30 heavy (non-hydrogen) atoms. The quantitative estimate of drug-likeness (QED) is 0.722. The van der Waals surface area contributed by atoms with E-state index in [0.29, 0.717) is 41.9 Å². The standard InChI is InChI=1S/C20H18N2O8/c23-18(11-29-19(24)17-10-28-13-3-1-2-4-15(13)30-17)22-20(25)21-12-5-6-14-16(9-12)27-8-7-26-14/h1-6,9,17H,7-8,10-11H2,(H2,21,22,23,25)/t17-/m0/s1. The number of benzene rings is 2. The molecule has 10 heteroatoms. The Hall–Kier alpha value is -3.95. The molecule has 156 valence electrons. The second-order valence-electron chi connectivity index (χ2n) is 6.33. The Morgan fingerprint density at radius 3 is 2.50 bits per heavy atom. The average molecular weight is 414 g/mol. The van der Waals surface area contributed by atoms with E-state index in [9.17, 15) is 14.4 Å². The zero-order chi connectivity index (χ0) is 20.9. The summed E-state index contributed by atoms with van der Waals surface area (Å²) in [5, 5.41) is 4.57. The van der Waals surface area contributed by atoms with Gasteiger partial charge in [-0.3, -0.25) is 10.1 Å². The number of carbonyl (C=O) groups excluding carboxylic acids is 3. The van der Waals surface area contributed by atoms with Gasteiger partial charge in [0.1, 0.15) is 19.8 Å². The Morgan fingerprint density at radius 2 is 1.67 bits per heavy atom. The fraction of sp³-hybridized carbons (Fsp3) is 0.250. The molecule has 0 fully saturated rings. The maximum Gasteiger partial charge on any atom is 0.351 e. The van der Waals surface area contributed by atoms with E-state index in [1.807, 2.05) is 0 Å². The molecular formula is C20H18N2O8. The number of ether oxygens (including phenoxy) is 5. The number of fused-ring (bicyclic) bond motifs is 2. The van der Waals surface area contributed by atoms with Gasteiger partial charge in [0.05, 0.1) is 0 Å². The Bertz CT molecular complexity index is 977. The van der Waals surface area contributed by atoms with Gasteiger partial charge in [-0.15, -0.1) is 0 Å². The Balaban J connectivity index is 1.23. The highest BCUT2D eigenvalue weighted by Gasteiger charge is 2.29. The van der Waals surface area contributed by atoms with Gasteiger partial charge in [-0.2, -0.15) is 0 Å². The highest BCUT2D eigenvalue weighted by atomic mass is 16.6. The number of para-hydroxylation sites is 2. The van der Waals surface area contributed by atoms with Crippen molar-refractivity contribution in [2.45, 2.75) is 6.10 Å². The van der Waals surface area contributed by atoms with Crippen LogP contribution in [0.5, 0.6) is 23.0 Å². The van der Waals surface area contributed by atoms with Crippen LogP contribution >= 0.6 is 0 Å². The van der Waals surface area contributed by atoms with E-state index in [1.165, 1.54) is 0 Å². The van der Waals surface area contributed by atoms with E-state index in [-0.39, 0.29) is 6.61 Å². The maximum absolute atomic E-state index is 12.1. The summed E-state index contributed by atoms with van der Waals surface area (Å²) in [6, 6.07) is 10.9. The molecule has 2 N–H and O–H groups in total. The summed E-state index contributed by atoms with van der Waals surface area (Å²) in [4.78, 5) is 36.0. The summed E-state index contributed by atoms with van der Waals surface area (Å²) in [6.07, 6.45) is -1.00. The number of anilines is 1. The molecule has 0 aromatic heterocycles. The van der Waals surface area contributed by atoms with Crippen molar-refractivity contribution in [3.05, 3.63) is 42.5 Å². The number of carbonyl (C=O) groups is 3. The summed E-state index contributed by atoms with van der Waals surface area (Å²) in [5.41, 5.74) is 0.410. The second kappa shape index (κ2) is 8.60. The van der Waals surface area contributed by atoms with Crippen molar-refractivity contribution in [2.24, 2.45) is 0 Å². The number of esters is 1. The molecule has 0 saturated carbocycles. The van der Waals surface area contributed by atoms with Crippen molar-refractivity contribution in [2.75, 3.05) is 31.7 Å². The number of hydrogen-bond donors (Lipinski definition) is 2. The van der Waals surface area contributed by atoms with Crippen LogP contribution in [-0.4, -0.2) is 50.4 Å². The van der Waals surface area contributed by atoms with Crippen molar-refractivity contribution < 1.29 is 38.1 Å². The van der Waals surface area contributed by atoms with Gasteiger partial charge in [0.2, 0.25) is 6.10 Å². The molecule has 0 saturated heterocycles. The molecule has 0 bridgehead atoms. The van der Waals surface area contributed by atoms with E-state index in [2.05, 4.69) is 10.6 Å². The number of urea groups is 1. The first-order valence-corrected chi connectivity index (χ1v) is 9.14. The van der Waals surface area contributed by atoms with Crippen LogP contribution in [0, 0.1) is 0 Å². The fourth-order valence-corrected chi connectivity index (χ4v) is 2.81. The number of rotatable bonds is 4. The summed E-state index contributed by atoms with van der Waals surface area (Å²) in [6.45, 7) is 0.183. The van der Waals surface area contributed by atoms with Gasteiger partial charge in [0.25, 0.3) is 5.91 Å². The number of amides is 3. The lowest BCUT2D eigenvalue weighted by Gasteiger charge is -2.24. The summed E-state index contributed by atoms with van der Waals surface area (Å²) in [7, 11) is 0. The van der Waals surface area contributed by atoms with Crippen LogP contribution in [-0.2, 0) is 14.3 Å². The van der Waals surface area contributed by atoms with Crippen LogP contribution in [0.2, 0.25) is 0 Å². The molecular weight excluding hydrogens is 396 g/mol. The first kappa shape index (κ1) is 19.4. The summed E-state index contributed by atoms with van der Waals surface area (Å²) >= 11 is 0. The van der Waals surface area contributed by atoms with Crippen molar-refractivity contribution in [1.29, 1.82) is 0 Å². The molecule has 2 aromatic carbocycles. The SMILES string of the molecule is O=C(COC(=O)[C@@H]1COc2ccccc2O1)NC(=O)Nc1ccc2c(c1)OCCO2. The Morgan fingerprint density at radius 1 is 0.933 bits per heavy atom. The minimum atomic E-state index is -1.00. The van der Waals surface area contributed by atoms with E-state index in [0.717, 1.165) is 0 Å². The van der Waals surface area contributed by atoms with Crippen molar-refractivity contribution >= 4 is 23.6 Å². The van der Waals surface area contributed by atoms with Gasteiger partial charge in [-0.1, -0.05) is 12.1 Å². The fourth-order valence-electron chi connectivity index (χ4n) is 2.81. The molecule has 4 rings (SSSR count). The first-order chi connectivity index (χ1) is 14.6. The van der Waals surface area contributed by atoms with Gasteiger partial charge in [-0.05, 0) is 24.3 Å². The molecule has 2 aliphatic rings. The van der Waals surface area contributed by atoms with E-state index < -0.39 is 30.6 Å². The van der Waals surface area contributed by atoms with E-state index >= 15 is 0 Å². The largest absolute Gasteiger partial charge is 0.486 e. The average Bonchev–Trinajstić information content (AvgIpc) is 2.77. The normalized spacial score (nSPS) is 16.2. The predicted octanol–water partition coefficient (Wildman–Crippen LogP) is 1.49. The van der Waals surface area contributed by atoms with Crippen LogP contribution in [0.25, 0.3) is 0 Å². The third kappa shape index (κ3) is 4.54. The molecule has 0 radical (unpaired) electrons. The maximum atomic E-state index is 12.1. The molecule has 0 spiro atoms. The van der Waals surface area contributed by atoms with Gasteiger partial charge in [0, 0.05) is 11.8 Å². The third-order valence-electron chi connectivity index (χ3n) is 4.17. The van der Waals surface area contributed by atoms with Gasteiger partial charge in [0.15, 0.2) is 29.6 Å². The zero-order valence-corrected chi connectivity index (χ0v) is 15.7. The lowest BCUT2D eigenvalue weighted by molar-refractivity contribution is -0.157. The van der Waals surface area contributed by atoms with Crippen LogP contribution in [0.3, 0.4) is 0 Å². The summed E-state index contributed by atoms with van der Waals surface area (Å²) < 4.78 is 26.7. The monoisotopic (exact) mass is 414 g/mol. The topological polar surface area (TPSA) is 121 Å². The zero-order valence-electron chi connectivity index (χ0n) is 15.7. The minimum absolute atomic E-state index is 0.0396. The van der Waals surface area contributed by atoms with Crippen molar-refractivity contribution in [3.8, 4) is 23.0 Å². The van der Waals surface area contributed by atoms with Crippen molar-refractivity contribution in [3.63, 3.8) is 0 Å². The number of nitrogens with one attached hydrogen (secondary N) is 2. The highest BCUT2D eigenvalue weighted by Crippen LogP contribution is 2.32. The molecule has 3 amide bonds. The lowest BCUT2D eigenvalue weighted by atomic mass is 10.2. The molecule has 10 nitrogen and oxygen atoms in total. The Kier molecular flexibility index (Phi) is 5.55. The van der Waals surface area contributed by atoms with Crippen LogP contribution in [0.1, 0.15) is 0 Å². The van der Waals surface area contributed by atoms with Crippen LogP contribution in [0.15, 0.2) is 42.5 Å². The summed E-state index contributed by atoms with van der Waals surface area (Å²) in [5.74, 6) is 0.439. The van der Waals surface area contributed by atoms with Gasteiger partial charge < -0.3 is 29.0 Å². The van der Waals surface area contributed by atoms with Gasteiger partial charge in [-0.25, -0.2) is 9.59 Å². The number of imide groups is 1. The smallest absolute Gasteiger partial charge is 0.351 e. The first-order valence-electron chi connectivity index (χ1n) is 9.14. The Labute approximate surface area is 171 Å². The van der Waals surface area contributed by atoms with Crippen LogP contribution < -0.4 is 29.6 Å². The van der Waals surface area contributed by atoms with E-state index in [1.54, 1.807) is 42.5 Å². The third-order valence-corrected chi connectivity index (χ3v) is 4.17. The molecule has 0 aliphatic carbocycles. The van der Waals surface area contributed by atoms with Crippen molar-refractivity contribution in [1.82, 2.24) is 5.32 Å². The molecule has 2 aromatic rings. The minimum Gasteiger partial charge on any atom is -0.486 e. The van der Waals surface area contributed by atoms with Crippen LogP contribution in [0.4, 0.5) is 10.5 Å².